The summed E-state index contributed by atoms with van der Waals surface area (Å²) in [5.41, 5.74) is 3.23. The lowest BCUT2D eigenvalue weighted by atomic mass is 10.2. The van der Waals surface area contributed by atoms with Crippen LogP contribution in [0.25, 0.3) is 5.65 Å². The van der Waals surface area contributed by atoms with Crippen LogP contribution in [0.15, 0.2) is 67.1 Å². The first-order chi connectivity index (χ1) is 16.1. The summed E-state index contributed by atoms with van der Waals surface area (Å²) in [5.74, 6) is 1.01. The Morgan fingerprint density at radius 3 is 2.94 bits per heavy atom. The Kier molecular flexibility index (Phi) is 6.81. The minimum atomic E-state index is -0.329. The number of rotatable bonds is 9. The summed E-state index contributed by atoms with van der Waals surface area (Å²) in [6.07, 6.45) is 6.52. The molecule has 4 rings (SSSR count). The van der Waals surface area contributed by atoms with Gasteiger partial charge in [0.25, 0.3) is 5.91 Å². The molecule has 0 aliphatic heterocycles. The van der Waals surface area contributed by atoms with Gasteiger partial charge in [0.15, 0.2) is 11.6 Å². The summed E-state index contributed by atoms with van der Waals surface area (Å²) in [4.78, 5) is 21.5. The number of ether oxygens (including phenoxy) is 2. The lowest BCUT2D eigenvalue weighted by Crippen LogP contribution is -2.14. The molecule has 166 valence electrons. The van der Waals surface area contributed by atoms with Gasteiger partial charge in [-0.3, -0.25) is 4.79 Å². The van der Waals surface area contributed by atoms with Crippen molar-refractivity contribution in [3.05, 3.63) is 83.9 Å². The topological polar surface area (TPSA) is 102 Å². The van der Waals surface area contributed by atoms with Gasteiger partial charge in [-0.25, -0.2) is 9.97 Å². The normalized spacial score (nSPS) is 10.5. The molecule has 1 aromatic carbocycles. The zero-order chi connectivity index (χ0) is 23.0. The molecule has 1 amide bonds. The van der Waals surface area contributed by atoms with Crippen LogP contribution in [-0.2, 0) is 6.61 Å². The Balaban J connectivity index is 1.40. The van der Waals surface area contributed by atoms with Gasteiger partial charge in [-0.1, -0.05) is 12.1 Å². The molecule has 8 nitrogen and oxygen atoms in total. The minimum absolute atomic E-state index is 0.284. The summed E-state index contributed by atoms with van der Waals surface area (Å²) in [6, 6.07) is 16.4. The summed E-state index contributed by atoms with van der Waals surface area (Å²) in [7, 11) is 0. The Morgan fingerprint density at radius 2 is 2.06 bits per heavy atom. The number of imidazole rings is 1. The number of amides is 1. The zero-order valence-electron chi connectivity index (χ0n) is 18.2. The van der Waals surface area contributed by atoms with Crippen molar-refractivity contribution in [2.45, 2.75) is 26.4 Å². The maximum atomic E-state index is 12.8. The number of anilines is 1. The Bertz CT molecular complexity index is 1310. The monoisotopic (exact) mass is 441 g/mol. The number of pyridine rings is 2. The van der Waals surface area contributed by atoms with Crippen LogP contribution >= 0.6 is 0 Å². The van der Waals surface area contributed by atoms with Gasteiger partial charge in [0.05, 0.1) is 18.4 Å². The molecule has 0 radical (unpaired) electrons. The van der Waals surface area contributed by atoms with E-state index in [4.69, 9.17) is 14.7 Å². The fourth-order valence-electron chi connectivity index (χ4n) is 3.22. The number of aromatic nitrogens is 3. The van der Waals surface area contributed by atoms with Gasteiger partial charge in [-0.15, -0.1) is 0 Å². The lowest BCUT2D eigenvalue weighted by Gasteiger charge is -2.11. The first-order valence-corrected chi connectivity index (χ1v) is 10.6. The number of benzene rings is 1. The molecule has 1 N–H and O–H groups in total. The predicted octanol–water partition coefficient (Wildman–Crippen LogP) is 4.55. The van der Waals surface area contributed by atoms with Gasteiger partial charge in [0.2, 0.25) is 0 Å². The standard InChI is InChI=1S/C25H23N5O3/c1-18-9-10-23-28-20(16-30(23)15-18)17-33-21-7-4-6-19(14-21)25(31)29-24-22(8-5-12-27-24)32-13-3-2-11-26/h4-10,12,14-16H,2-3,13,17H2,1H3,(H,27,29,31). The number of carbonyl (C=O) groups is 1. The molecule has 8 heteroatoms. The van der Waals surface area contributed by atoms with E-state index in [0.717, 1.165) is 16.9 Å². The van der Waals surface area contributed by atoms with Crippen LogP contribution in [-0.4, -0.2) is 26.9 Å². The number of unbranched alkanes of at least 4 members (excludes halogenated alkanes) is 1. The number of aryl methyl sites for hydroxylation is 1. The number of carbonyl (C=O) groups excluding carboxylic acids is 1. The van der Waals surface area contributed by atoms with Crippen molar-refractivity contribution in [3.63, 3.8) is 0 Å². The Labute approximate surface area is 191 Å². The molecule has 3 aromatic heterocycles. The largest absolute Gasteiger partial charge is 0.490 e. The van der Waals surface area contributed by atoms with E-state index < -0.39 is 0 Å². The maximum absolute atomic E-state index is 12.8. The molecule has 4 aromatic rings. The van der Waals surface area contributed by atoms with Crippen LogP contribution in [0.2, 0.25) is 0 Å². The molecular weight excluding hydrogens is 418 g/mol. The first kappa shape index (κ1) is 21.8. The highest BCUT2D eigenvalue weighted by atomic mass is 16.5. The highest BCUT2D eigenvalue weighted by Gasteiger charge is 2.12. The highest BCUT2D eigenvalue weighted by molar-refractivity contribution is 6.04. The second-order valence-corrected chi connectivity index (χ2v) is 7.44. The van der Waals surface area contributed by atoms with Crippen molar-refractivity contribution in [1.82, 2.24) is 14.4 Å². The van der Waals surface area contributed by atoms with Crippen molar-refractivity contribution >= 4 is 17.4 Å². The van der Waals surface area contributed by atoms with Gasteiger partial charge < -0.3 is 19.2 Å². The minimum Gasteiger partial charge on any atom is -0.490 e. The van der Waals surface area contributed by atoms with Gasteiger partial charge in [-0.2, -0.15) is 5.26 Å². The maximum Gasteiger partial charge on any atom is 0.257 e. The molecule has 0 saturated heterocycles. The van der Waals surface area contributed by atoms with Gasteiger partial charge in [-0.05, 0) is 55.3 Å². The summed E-state index contributed by atoms with van der Waals surface area (Å²) >= 11 is 0. The number of fused-ring (bicyclic) bond motifs is 1. The fourth-order valence-corrected chi connectivity index (χ4v) is 3.22. The van der Waals surface area contributed by atoms with E-state index in [9.17, 15) is 4.79 Å². The smallest absolute Gasteiger partial charge is 0.257 e. The summed E-state index contributed by atoms with van der Waals surface area (Å²) < 4.78 is 13.5. The van der Waals surface area contributed by atoms with Crippen molar-refractivity contribution in [1.29, 1.82) is 5.26 Å². The van der Waals surface area contributed by atoms with E-state index >= 15 is 0 Å². The quantitative estimate of drug-likeness (QED) is 0.382. The van der Waals surface area contributed by atoms with Crippen LogP contribution in [0.3, 0.4) is 0 Å². The van der Waals surface area contributed by atoms with E-state index in [1.54, 1.807) is 42.6 Å². The molecule has 0 aliphatic rings. The summed E-state index contributed by atoms with van der Waals surface area (Å²) in [5, 5.41) is 11.4. The third-order valence-corrected chi connectivity index (χ3v) is 4.82. The van der Waals surface area contributed by atoms with E-state index in [2.05, 4.69) is 21.4 Å². The molecule has 0 spiro atoms. The average Bonchev–Trinajstić information content (AvgIpc) is 3.23. The molecule has 3 heterocycles. The van der Waals surface area contributed by atoms with Gasteiger partial charge in [0, 0.05) is 30.6 Å². The van der Waals surface area contributed by atoms with Crippen LogP contribution in [0.1, 0.15) is 34.5 Å². The molecule has 0 fully saturated rings. The second kappa shape index (κ2) is 10.3. The van der Waals surface area contributed by atoms with E-state index in [-0.39, 0.29) is 12.5 Å². The number of hydrogen-bond donors (Lipinski definition) is 1. The third kappa shape index (κ3) is 5.66. The molecule has 0 saturated carbocycles. The molecular formula is C25H23N5O3. The number of hydrogen-bond acceptors (Lipinski definition) is 6. The molecule has 0 atom stereocenters. The van der Waals surface area contributed by atoms with E-state index in [0.29, 0.717) is 42.3 Å². The third-order valence-electron chi connectivity index (χ3n) is 4.82. The van der Waals surface area contributed by atoms with E-state index in [1.807, 2.05) is 35.9 Å². The van der Waals surface area contributed by atoms with Crippen LogP contribution in [0, 0.1) is 18.3 Å². The van der Waals surface area contributed by atoms with Crippen molar-refractivity contribution in [2.24, 2.45) is 0 Å². The highest BCUT2D eigenvalue weighted by Crippen LogP contribution is 2.23. The first-order valence-electron chi connectivity index (χ1n) is 10.6. The second-order valence-electron chi connectivity index (χ2n) is 7.44. The Hall–Kier alpha value is -4.38. The number of nitrogens with one attached hydrogen (secondary N) is 1. The van der Waals surface area contributed by atoms with Gasteiger partial charge in [0.1, 0.15) is 18.0 Å². The molecule has 0 unspecified atom stereocenters. The van der Waals surface area contributed by atoms with Gasteiger partial charge >= 0.3 is 0 Å². The van der Waals surface area contributed by atoms with Crippen molar-refractivity contribution in [3.8, 4) is 17.6 Å². The van der Waals surface area contributed by atoms with Crippen LogP contribution in [0.5, 0.6) is 11.5 Å². The molecule has 0 bridgehead atoms. The Morgan fingerprint density at radius 1 is 1.15 bits per heavy atom. The average molecular weight is 441 g/mol. The van der Waals surface area contributed by atoms with Crippen LogP contribution < -0.4 is 14.8 Å². The molecule has 33 heavy (non-hydrogen) atoms. The number of nitriles is 1. The lowest BCUT2D eigenvalue weighted by molar-refractivity contribution is 0.102. The van der Waals surface area contributed by atoms with Crippen molar-refractivity contribution in [2.75, 3.05) is 11.9 Å². The van der Waals surface area contributed by atoms with Crippen LogP contribution in [0.4, 0.5) is 5.82 Å². The summed E-state index contributed by atoms with van der Waals surface area (Å²) in [6.45, 7) is 2.68. The zero-order valence-corrected chi connectivity index (χ0v) is 18.2. The predicted molar refractivity (Wildman–Crippen MR) is 123 cm³/mol. The SMILES string of the molecule is Cc1ccc2nc(COc3cccc(C(=O)Nc4ncccc4OCCCC#N)c3)cn2c1. The van der Waals surface area contributed by atoms with E-state index in [1.165, 1.54) is 0 Å². The number of nitrogens with zero attached hydrogens (tertiary/aromatic N) is 4. The molecule has 0 aliphatic carbocycles. The fraction of sp³-hybridized carbons (Fsp3) is 0.200. The van der Waals surface area contributed by atoms with Crippen molar-refractivity contribution < 1.29 is 14.3 Å².